The van der Waals surface area contributed by atoms with Crippen LogP contribution < -0.4 is 4.90 Å². The van der Waals surface area contributed by atoms with E-state index < -0.39 is 10.9 Å². The van der Waals surface area contributed by atoms with Crippen molar-refractivity contribution in [2.75, 3.05) is 37.7 Å². The molecular formula is C26H23Cl2N3O6. The van der Waals surface area contributed by atoms with Crippen molar-refractivity contribution in [3.05, 3.63) is 86.1 Å². The third-order valence-electron chi connectivity index (χ3n) is 5.83. The van der Waals surface area contributed by atoms with Crippen LogP contribution >= 0.6 is 23.2 Å². The molecule has 0 atom stereocenters. The molecule has 192 valence electrons. The van der Waals surface area contributed by atoms with Crippen molar-refractivity contribution in [1.29, 1.82) is 0 Å². The van der Waals surface area contributed by atoms with Gasteiger partial charge in [0.05, 0.1) is 22.1 Å². The summed E-state index contributed by atoms with van der Waals surface area (Å²) in [7, 11) is 0. The number of hydrogen-bond acceptors (Lipinski definition) is 7. The number of carbonyl (C=O) groups is 2. The van der Waals surface area contributed by atoms with Gasteiger partial charge in [0.1, 0.15) is 17.2 Å². The smallest absolute Gasteiger partial charge is 0.338 e. The van der Waals surface area contributed by atoms with Crippen molar-refractivity contribution < 1.29 is 23.7 Å². The number of hydrogen-bond donors (Lipinski definition) is 0. The lowest BCUT2D eigenvalue weighted by atomic mass is 10.1. The quantitative estimate of drug-likeness (QED) is 0.163. The summed E-state index contributed by atoms with van der Waals surface area (Å²) < 4.78 is 10.7. The van der Waals surface area contributed by atoms with Gasteiger partial charge in [-0.2, -0.15) is 0 Å². The summed E-state index contributed by atoms with van der Waals surface area (Å²) in [4.78, 5) is 39.3. The van der Waals surface area contributed by atoms with E-state index in [1.54, 1.807) is 54.3 Å². The Morgan fingerprint density at radius 3 is 2.51 bits per heavy atom. The number of esters is 1. The second-order valence-corrected chi connectivity index (χ2v) is 9.00. The summed E-state index contributed by atoms with van der Waals surface area (Å²) in [5.74, 6) is 0.233. The Balaban J connectivity index is 1.39. The van der Waals surface area contributed by atoms with E-state index in [2.05, 4.69) is 0 Å². The number of benzene rings is 2. The molecule has 1 saturated heterocycles. The Hall–Kier alpha value is -3.82. The molecule has 0 N–H and O–H groups in total. The standard InChI is InChI=1S/C26H23Cl2N3O6/c1-2-36-26(33)17-3-8-22(23(15-17)31(34)35)29-11-13-30(14-12-29)25(32)10-6-19-5-9-24(37-19)20-7-4-18(27)16-21(20)28/h3-10,15-16H,2,11-14H2,1H3/b10-6+. The summed E-state index contributed by atoms with van der Waals surface area (Å²) in [6, 6.07) is 12.9. The normalized spacial score (nSPS) is 13.7. The Morgan fingerprint density at radius 2 is 1.84 bits per heavy atom. The van der Waals surface area contributed by atoms with Gasteiger partial charge in [0.25, 0.3) is 5.69 Å². The van der Waals surface area contributed by atoms with Crippen LogP contribution in [0.3, 0.4) is 0 Å². The van der Waals surface area contributed by atoms with Crippen LogP contribution in [0.1, 0.15) is 23.0 Å². The average molecular weight is 544 g/mol. The van der Waals surface area contributed by atoms with Crippen molar-refractivity contribution in [2.24, 2.45) is 0 Å². The number of nitrogens with zero attached hydrogens (tertiary/aromatic N) is 3. The number of furan rings is 1. The van der Waals surface area contributed by atoms with Gasteiger partial charge in [-0.1, -0.05) is 23.2 Å². The first-order valence-corrected chi connectivity index (χ1v) is 12.2. The maximum atomic E-state index is 12.7. The molecule has 1 fully saturated rings. The zero-order valence-corrected chi connectivity index (χ0v) is 21.4. The molecule has 2 aromatic carbocycles. The average Bonchev–Trinajstić information content (AvgIpc) is 3.36. The summed E-state index contributed by atoms with van der Waals surface area (Å²) >= 11 is 12.2. The molecule has 1 aromatic heterocycles. The van der Waals surface area contributed by atoms with Crippen molar-refractivity contribution in [3.63, 3.8) is 0 Å². The fraction of sp³-hybridized carbons (Fsp3) is 0.231. The van der Waals surface area contributed by atoms with E-state index in [0.717, 1.165) is 0 Å². The van der Waals surface area contributed by atoms with Crippen molar-refractivity contribution in [2.45, 2.75) is 6.92 Å². The summed E-state index contributed by atoms with van der Waals surface area (Å²) in [5, 5.41) is 12.6. The first-order chi connectivity index (χ1) is 17.8. The minimum atomic E-state index is -0.612. The third kappa shape index (κ3) is 6.12. The molecule has 9 nitrogen and oxygen atoms in total. The van der Waals surface area contributed by atoms with Crippen LogP contribution in [-0.4, -0.2) is 54.5 Å². The van der Waals surface area contributed by atoms with E-state index in [1.165, 1.54) is 18.2 Å². The fourth-order valence-corrected chi connectivity index (χ4v) is 4.48. The summed E-state index contributed by atoms with van der Waals surface area (Å²) in [5.41, 5.74) is 1.03. The molecule has 2 heterocycles. The predicted octanol–water partition coefficient (Wildman–Crippen LogP) is 5.70. The highest BCUT2D eigenvalue weighted by molar-refractivity contribution is 6.36. The second kappa shape index (κ2) is 11.5. The SMILES string of the molecule is CCOC(=O)c1ccc(N2CCN(C(=O)/C=C/c3ccc(-c4ccc(Cl)cc4Cl)o3)CC2)c([N+](=O)[O-])c1. The molecule has 37 heavy (non-hydrogen) atoms. The third-order valence-corrected chi connectivity index (χ3v) is 6.38. The van der Waals surface area contributed by atoms with Gasteiger partial charge in [-0.15, -0.1) is 0 Å². The lowest BCUT2D eigenvalue weighted by molar-refractivity contribution is -0.384. The van der Waals surface area contributed by atoms with E-state index in [1.807, 2.05) is 4.90 Å². The summed E-state index contributed by atoms with van der Waals surface area (Å²) in [6.45, 7) is 3.41. The number of ether oxygens (including phenoxy) is 1. The molecule has 0 bridgehead atoms. The second-order valence-electron chi connectivity index (χ2n) is 8.15. The van der Waals surface area contributed by atoms with Gasteiger partial charge in [-0.3, -0.25) is 14.9 Å². The molecule has 0 aliphatic carbocycles. The molecule has 0 unspecified atom stereocenters. The fourth-order valence-electron chi connectivity index (χ4n) is 3.98. The highest BCUT2D eigenvalue weighted by atomic mass is 35.5. The topological polar surface area (TPSA) is 106 Å². The van der Waals surface area contributed by atoms with Crippen molar-refractivity contribution >= 4 is 52.5 Å². The highest BCUT2D eigenvalue weighted by Crippen LogP contribution is 2.32. The minimum Gasteiger partial charge on any atom is -0.462 e. The molecule has 1 amide bonds. The molecule has 3 aromatic rings. The van der Waals surface area contributed by atoms with Crippen LogP contribution in [-0.2, 0) is 9.53 Å². The predicted molar refractivity (Wildman–Crippen MR) is 141 cm³/mol. The number of nitro groups is 1. The molecule has 1 aliphatic heterocycles. The van der Waals surface area contributed by atoms with Crippen LogP contribution in [0.2, 0.25) is 10.0 Å². The lowest BCUT2D eigenvalue weighted by Gasteiger charge is -2.35. The number of carbonyl (C=O) groups excluding carboxylic acids is 2. The number of nitro benzene ring substituents is 1. The first-order valence-electron chi connectivity index (χ1n) is 11.5. The minimum absolute atomic E-state index is 0.121. The number of halogens is 2. The molecule has 1 aliphatic rings. The Labute approximate surface area is 223 Å². The highest BCUT2D eigenvalue weighted by Gasteiger charge is 2.26. The maximum absolute atomic E-state index is 12.7. The van der Waals surface area contributed by atoms with Gasteiger partial charge < -0.3 is 19.0 Å². The largest absolute Gasteiger partial charge is 0.462 e. The van der Waals surface area contributed by atoms with Gasteiger partial charge in [-0.25, -0.2) is 4.79 Å². The van der Waals surface area contributed by atoms with Crippen LogP contribution in [0.4, 0.5) is 11.4 Å². The van der Waals surface area contributed by atoms with Gasteiger partial charge in [0.15, 0.2) is 0 Å². The molecule has 4 rings (SSSR count). The van der Waals surface area contributed by atoms with Crippen molar-refractivity contribution in [3.8, 4) is 11.3 Å². The van der Waals surface area contributed by atoms with Crippen LogP contribution in [0.15, 0.2) is 59.0 Å². The molecular weight excluding hydrogens is 521 g/mol. The summed E-state index contributed by atoms with van der Waals surface area (Å²) in [6.07, 6.45) is 3.01. The monoisotopic (exact) mass is 543 g/mol. The molecule has 0 spiro atoms. The number of rotatable bonds is 7. The van der Waals surface area contributed by atoms with Crippen LogP contribution in [0.25, 0.3) is 17.4 Å². The zero-order valence-electron chi connectivity index (χ0n) is 19.9. The van der Waals surface area contributed by atoms with E-state index >= 15 is 0 Å². The Bertz CT molecular complexity index is 1360. The molecule has 0 saturated carbocycles. The van der Waals surface area contributed by atoms with E-state index in [-0.39, 0.29) is 23.8 Å². The Kier molecular flexibility index (Phi) is 8.15. The number of amides is 1. The maximum Gasteiger partial charge on any atom is 0.338 e. The van der Waals surface area contributed by atoms with E-state index in [0.29, 0.717) is 59.0 Å². The molecule has 11 heteroatoms. The van der Waals surface area contributed by atoms with E-state index in [4.69, 9.17) is 32.4 Å². The van der Waals surface area contributed by atoms with Gasteiger partial charge in [-0.05, 0) is 55.5 Å². The van der Waals surface area contributed by atoms with E-state index in [9.17, 15) is 19.7 Å². The first kappa shape index (κ1) is 26.2. The number of piperazine rings is 1. The lowest BCUT2D eigenvalue weighted by Crippen LogP contribution is -2.48. The Morgan fingerprint density at radius 1 is 1.08 bits per heavy atom. The van der Waals surface area contributed by atoms with Crippen molar-refractivity contribution in [1.82, 2.24) is 4.90 Å². The zero-order chi connectivity index (χ0) is 26.5. The molecule has 0 radical (unpaired) electrons. The van der Waals surface area contributed by atoms with Crippen LogP contribution in [0.5, 0.6) is 0 Å². The van der Waals surface area contributed by atoms with Gasteiger partial charge >= 0.3 is 5.97 Å². The number of anilines is 1. The van der Waals surface area contributed by atoms with Gasteiger partial charge in [0, 0.05) is 48.9 Å². The van der Waals surface area contributed by atoms with Crippen LogP contribution in [0, 0.1) is 10.1 Å². The van der Waals surface area contributed by atoms with Gasteiger partial charge in [0.2, 0.25) is 5.91 Å².